The van der Waals surface area contributed by atoms with Gasteiger partial charge in [0.2, 0.25) is 11.8 Å². The van der Waals surface area contributed by atoms with Crippen molar-refractivity contribution in [1.82, 2.24) is 20.5 Å². The van der Waals surface area contributed by atoms with Gasteiger partial charge in [-0.1, -0.05) is 6.07 Å². The Bertz CT molecular complexity index is 674. The third kappa shape index (κ3) is 5.93. The first-order chi connectivity index (χ1) is 12.7. The number of hydrogen-bond donors (Lipinski definition) is 2. The zero-order valence-electron chi connectivity index (χ0n) is 14.8. The Labute approximate surface area is 154 Å². The lowest BCUT2D eigenvalue weighted by Crippen LogP contribution is -2.50. The third-order valence-corrected chi connectivity index (χ3v) is 4.34. The molecule has 0 bridgehead atoms. The smallest absolute Gasteiger partial charge is 0.350 e. The summed E-state index contributed by atoms with van der Waals surface area (Å²) < 4.78 is 37.3. The molecule has 7 nitrogen and oxygen atoms in total. The summed E-state index contributed by atoms with van der Waals surface area (Å²) in [5.74, 6) is -3.20. The van der Waals surface area contributed by atoms with Crippen LogP contribution in [0.1, 0.15) is 25.3 Å². The van der Waals surface area contributed by atoms with Gasteiger partial charge >= 0.3 is 12.1 Å². The molecule has 0 radical (unpaired) electrons. The Balaban J connectivity index is 1.76. The van der Waals surface area contributed by atoms with Crippen molar-refractivity contribution < 1.29 is 27.6 Å². The lowest BCUT2D eigenvalue weighted by atomic mass is 9.95. The number of aromatic nitrogens is 1. The summed E-state index contributed by atoms with van der Waals surface area (Å²) in [4.78, 5) is 40.1. The van der Waals surface area contributed by atoms with Crippen LogP contribution in [0.2, 0.25) is 0 Å². The maximum absolute atomic E-state index is 12.4. The van der Waals surface area contributed by atoms with Crippen LogP contribution in [0.15, 0.2) is 24.5 Å². The van der Waals surface area contributed by atoms with Gasteiger partial charge in [-0.2, -0.15) is 13.2 Å². The molecule has 0 spiro atoms. The number of amides is 3. The van der Waals surface area contributed by atoms with Gasteiger partial charge in [-0.05, 0) is 31.4 Å². The Morgan fingerprint density at radius 1 is 1.30 bits per heavy atom. The number of carbonyl (C=O) groups excluding carboxylic acids is 3. The van der Waals surface area contributed by atoms with Gasteiger partial charge in [0.05, 0.1) is 0 Å². The minimum Gasteiger partial charge on any atom is -0.350 e. The van der Waals surface area contributed by atoms with Crippen molar-refractivity contribution >= 4 is 17.7 Å². The summed E-state index contributed by atoms with van der Waals surface area (Å²) in [6, 6.07) is 2.75. The van der Waals surface area contributed by atoms with E-state index in [0.717, 1.165) is 5.56 Å². The molecule has 27 heavy (non-hydrogen) atoms. The molecule has 0 aromatic carbocycles. The maximum Gasteiger partial charge on any atom is 0.471 e. The number of rotatable bonds is 5. The van der Waals surface area contributed by atoms with Crippen LogP contribution in [-0.4, -0.2) is 52.9 Å². The standard InChI is InChI=1S/C17H21F3N4O3/c1-11(14(25)22-10-12-3-2-6-21-9-12)23-15(26)13-4-7-24(8-5-13)16(27)17(18,19)20/h2-3,6,9,11,13H,4-5,7-8,10H2,1H3,(H,22,25)(H,23,26)/t11-/m0/s1. The molecule has 1 saturated heterocycles. The van der Waals surface area contributed by atoms with Crippen molar-refractivity contribution in [3.63, 3.8) is 0 Å². The number of halogens is 3. The molecule has 1 aromatic rings. The van der Waals surface area contributed by atoms with Gasteiger partial charge in [0.15, 0.2) is 0 Å². The minimum atomic E-state index is -4.91. The van der Waals surface area contributed by atoms with E-state index < -0.39 is 30.0 Å². The molecule has 0 aliphatic carbocycles. The summed E-state index contributed by atoms with van der Waals surface area (Å²) in [7, 11) is 0. The highest BCUT2D eigenvalue weighted by Crippen LogP contribution is 2.24. The van der Waals surface area contributed by atoms with Gasteiger partial charge in [-0.15, -0.1) is 0 Å². The molecule has 3 amide bonds. The molecule has 10 heteroatoms. The molecule has 0 saturated carbocycles. The van der Waals surface area contributed by atoms with Gasteiger partial charge in [0.25, 0.3) is 0 Å². The SMILES string of the molecule is C[C@H](NC(=O)C1CCN(C(=O)C(F)(F)F)CC1)C(=O)NCc1cccnc1. The fourth-order valence-electron chi connectivity index (χ4n) is 2.77. The molecule has 1 aliphatic heterocycles. The highest BCUT2D eigenvalue weighted by Gasteiger charge is 2.43. The maximum atomic E-state index is 12.4. The van der Waals surface area contributed by atoms with E-state index >= 15 is 0 Å². The fourth-order valence-corrected chi connectivity index (χ4v) is 2.77. The molecule has 1 aliphatic rings. The first-order valence-electron chi connectivity index (χ1n) is 8.51. The average molecular weight is 386 g/mol. The van der Waals surface area contributed by atoms with Crippen LogP contribution in [0, 0.1) is 5.92 Å². The van der Waals surface area contributed by atoms with Crippen LogP contribution in [-0.2, 0) is 20.9 Å². The first kappa shape index (κ1) is 20.7. The number of nitrogens with one attached hydrogen (secondary N) is 2. The topological polar surface area (TPSA) is 91.4 Å². The molecule has 148 valence electrons. The monoisotopic (exact) mass is 386 g/mol. The largest absolute Gasteiger partial charge is 0.471 e. The Morgan fingerprint density at radius 2 is 1.96 bits per heavy atom. The average Bonchev–Trinajstić information content (AvgIpc) is 2.65. The summed E-state index contributed by atoms with van der Waals surface area (Å²) in [6.45, 7) is 1.51. The number of pyridine rings is 1. The Kier molecular flexibility index (Phi) is 6.75. The fraction of sp³-hybridized carbons (Fsp3) is 0.529. The third-order valence-electron chi connectivity index (χ3n) is 4.34. The lowest BCUT2D eigenvalue weighted by molar-refractivity contribution is -0.186. The van der Waals surface area contributed by atoms with E-state index in [9.17, 15) is 27.6 Å². The number of carbonyl (C=O) groups is 3. The minimum absolute atomic E-state index is 0.123. The van der Waals surface area contributed by atoms with Crippen molar-refractivity contribution in [1.29, 1.82) is 0 Å². The molecule has 0 unspecified atom stereocenters. The molecule has 2 heterocycles. The van der Waals surface area contributed by atoms with Gasteiger partial charge in [0.1, 0.15) is 6.04 Å². The quantitative estimate of drug-likeness (QED) is 0.790. The van der Waals surface area contributed by atoms with E-state index in [4.69, 9.17) is 0 Å². The van der Waals surface area contributed by atoms with Crippen LogP contribution in [0.25, 0.3) is 0 Å². The van der Waals surface area contributed by atoms with Crippen molar-refractivity contribution in [3.8, 4) is 0 Å². The van der Waals surface area contributed by atoms with Crippen LogP contribution in [0.5, 0.6) is 0 Å². The lowest BCUT2D eigenvalue weighted by Gasteiger charge is -2.32. The van der Waals surface area contributed by atoms with E-state index in [1.807, 2.05) is 0 Å². The Morgan fingerprint density at radius 3 is 2.52 bits per heavy atom. The van der Waals surface area contributed by atoms with Crippen molar-refractivity contribution in [2.45, 2.75) is 38.5 Å². The molecule has 2 N–H and O–H groups in total. The van der Waals surface area contributed by atoms with E-state index in [-0.39, 0.29) is 38.4 Å². The van der Waals surface area contributed by atoms with Crippen molar-refractivity contribution in [2.75, 3.05) is 13.1 Å². The van der Waals surface area contributed by atoms with Crippen LogP contribution < -0.4 is 10.6 Å². The summed E-state index contributed by atoms with van der Waals surface area (Å²) in [5, 5.41) is 5.24. The number of likely N-dealkylation sites (tertiary alicyclic amines) is 1. The van der Waals surface area contributed by atoms with Crippen LogP contribution >= 0.6 is 0 Å². The normalized spacial score (nSPS) is 16.5. The van der Waals surface area contributed by atoms with E-state index in [1.165, 1.54) is 6.92 Å². The van der Waals surface area contributed by atoms with Gasteiger partial charge in [-0.25, -0.2) is 0 Å². The molecule has 1 aromatic heterocycles. The summed E-state index contributed by atoms with van der Waals surface area (Å²) >= 11 is 0. The molecular formula is C17H21F3N4O3. The number of nitrogens with zero attached hydrogens (tertiary/aromatic N) is 2. The highest BCUT2D eigenvalue weighted by molar-refractivity contribution is 5.88. The van der Waals surface area contributed by atoms with Gasteiger partial charge < -0.3 is 15.5 Å². The van der Waals surface area contributed by atoms with Crippen LogP contribution in [0.4, 0.5) is 13.2 Å². The predicted octanol–water partition coefficient (Wildman–Crippen LogP) is 1.00. The van der Waals surface area contributed by atoms with E-state index in [2.05, 4.69) is 15.6 Å². The first-order valence-corrected chi connectivity index (χ1v) is 8.51. The molecule has 1 atom stereocenters. The Hall–Kier alpha value is -2.65. The zero-order valence-corrected chi connectivity index (χ0v) is 14.8. The second kappa shape index (κ2) is 8.83. The molecule has 2 rings (SSSR count). The number of hydrogen-bond acceptors (Lipinski definition) is 4. The second-order valence-electron chi connectivity index (χ2n) is 6.37. The highest BCUT2D eigenvalue weighted by atomic mass is 19.4. The van der Waals surface area contributed by atoms with Crippen molar-refractivity contribution in [2.24, 2.45) is 5.92 Å². The van der Waals surface area contributed by atoms with Crippen molar-refractivity contribution in [3.05, 3.63) is 30.1 Å². The number of piperidine rings is 1. The van der Waals surface area contributed by atoms with Crippen LogP contribution in [0.3, 0.4) is 0 Å². The predicted molar refractivity (Wildman–Crippen MR) is 89.0 cm³/mol. The van der Waals surface area contributed by atoms with E-state index in [0.29, 0.717) is 4.90 Å². The van der Waals surface area contributed by atoms with Gasteiger partial charge in [0, 0.05) is 37.9 Å². The van der Waals surface area contributed by atoms with E-state index in [1.54, 1.807) is 24.5 Å². The summed E-state index contributed by atoms with van der Waals surface area (Å²) in [5.41, 5.74) is 0.811. The second-order valence-corrected chi connectivity index (χ2v) is 6.37. The zero-order chi connectivity index (χ0) is 20.0. The summed E-state index contributed by atoms with van der Waals surface area (Å²) in [6.07, 6.45) is -1.44. The van der Waals surface area contributed by atoms with Gasteiger partial charge in [-0.3, -0.25) is 19.4 Å². The molecule has 1 fully saturated rings. The number of alkyl halides is 3. The molecular weight excluding hydrogens is 365 g/mol.